The standard InChI is InChI=1S/C22H23NO4/c1-3-4-10-16-11-17-19(23-13-18(21(17)24)22(25)26-2)12-20(16)27-14-15-8-6-5-7-9-15/h5-9,11-13,16H,3-4,10,14H2,1-2H3. The Morgan fingerprint density at radius 2 is 2.00 bits per heavy atom. The van der Waals surface area contributed by atoms with Crippen molar-refractivity contribution in [3.8, 4) is 0 Å². The summed E-state index contributed by atoms with van der Waals surface area (Å²) in [6.45, 7) is 2.59. The molecule has 140 valence electrons. The highest BCUT2D eigenvalue weighted by Gasteiger charge is 2.32. The van der Waals surface area contributed by atoms with Crippen molar-refractivity contribution in [3.05, 3.63) is 71.2 Å². The molecule has 3 rings (SSSR count). The first-order valence-corrected chi connectivity index (χ1v) is 9.15. The van der Waals surface area contributed by atoms with Crippen LogP contribution in [-0.4, -0.2) is 24.6 Å². The van der Waals surface area contributed by atoms with Gasteiger partial charge in [-0.1, -0.05) is 56.2 Å². The van der Waals surface area contributed by atoms with E-state index in [0.29, 0.717) is 17.9 Å². The van der Waals surface area contributed by atoms with Crippen molar-refractivity contribution < 1.29 is 19.1 Å². The molecule has 5 nitrogen and oxygen atoms in total. The number of Topliss-reactive ketones (excluding diaryl/α,β-unsaturated/α-hetero) is 1. The van der Waals surface area contributed by atoms with Crippen molar-refractivity contribution in [2.75, 3.05) is 7.11 Å². The summed E-state index contributed by atoms with van der Waals surface area (Å²) in [4.78, 5) is 28.7. The normalized spacial score (nSPS) is 18.6. The number of rotatable bonds is 7. The molecular formula is C22H23NO4. The van der Waals surface area contributed by atoms with Crippen LogP contribution in [0.3, 0.4) is 0 Å². The molecule has 0 N–H and O–H groups in total. The fraction of sp³-hybridized carbons (Fsp3) is 0.318. The van der Waals surface area contributed by atoms with Gasteiger partial charge in [-0.15, -0.1) is 0 Å². The Morgan fingerprint density at radius 3 is 2.70 bits per heavy atom. The van der Waals surface area contributed by atoms with Gasteiger partial charge in [-0.2, -0.15) is 0 Å². The van der Waals surface area contributed by atoms with Gasteiger partial charge in [0.1, 0.15) is 17.9 Å². The minimum Gasteiger partial charge on any atom is -0.493 e. The molecule has 27 heavy (non-hydrogen) atoms. The number of ether oxygens (including phenoxy) is 2. The zero-order valence-corrected chi connectivity index (χ0v) is 15.6. The third kappa shape index (κ3) is 4.25. The Morgan fingerprint density at radius 1 is 1.22 bits per heavy atom. The Labute approximate surface area is 159 Å². The van der Waals surface area contributed by atoms with E-state index >= 15 is 0 Å². The van der Waals surface area contributed by atoms with E-state index in [1.54, 1.807) is 0 Å². The number of allylic oxidation sites excluding steroid dienone is 3. The van der Waals surface area contributed by atoms with Crippen molar-refractivity contribution >= 4 is 17.5 Å². The Kier molecular flexibility index (Phi) is 6.01. The lowest BCUT2D eigenvalue weighted by Gasteiger charge is -2.25. The molecule has 0 aromatic heterocycles. The van der Waals surface area contributed by atoms with E-state index in [2.05, 4.69) is 16.7 Å². The maximum Gasteiger partial charge on any atom is 0.343 e. The predicted octanol–water partition coefficient (Wildman–Crippen LogP) is 3.91. The van der Waals surface area contributed by atoms with E-state index in [9.17, 15) is 9.59 Å². The molecule has 1 aliphatic carbocycles. The summed E-state index contributed by atoms with van der Waals surface area (Å²) >= 11 is 0. The summed E-state index contributed by atoms with van der Waals surface area (Å²) in [5, 5.41) is 0. The summed E-state index contributed by atoms with van der Waals surface area (Å²) in [5.41, 5.74) is 2.02. The number of ketones is 1. The number of carbonyl (C=O) groups excluding carboxylic acids is 2. The topological polar surface area (TPSA) is 65.0 Å². The fourth-order valence-electron chi connectivity index (χ4n) is 3.12. The zero-order chi connectivity index (χ0) is 19.2. The molecule has 0 saturated heterocycles. The van der Waals surface area contributed by atoms with Crippen LogP contribution in [0.15, 0.2) is 70.6 Å². The molecular weight excluding hydrogens is 342 g/mol. The summed E-state index contributed by atoms with van der Waals surface area (Å²) in [7, 11) is 1.25. The van der Waals surface area contributed by atoms with Gasteiger partial charge >= 0.3 is 5.97 Å². The number of benzene rings is 1. The average Bonchev–Trinajstić information content (AvgIpc) is 2.71. The number of nitrogens with zero attached hydrogens (tertiary/aromatic N) is 1. The van der Waals surface area contributed by atoms with Gasteiger partial charge in [-0.3, -0.25) is 9.79 Å². The second kappa shape index (κ2) is 8.62. The second-order valence-electron chi connectivity index (χ2n) is 6.53. The second-order valence-corrected chi connectivity index (χ2v) is 6.53. The molecule has 5 heteroatoms. The molecule has 1 unspecified atom stereocenters. The predicted molar refractivity (Wildman–Crippen MR) is 103 cm³/mol. The number of hydrogen-bond acceptors (Lipinski definition) is 5. The first kappa shape index (κ1) is 18.8. The van der Waals surface area contributed by atoms with E-state index in [-0.39, 0.29) is 17.3 Å². The van der Waals surface area contributed by atoms with Gasteiger partial charge in [-0.25, -0.2) is 4.79 Å². The number of hydrogen-bond donors (Lipinski definition) is 0. The first-order valence-electron chi connectivity index (χ1n) is 9.15. The van der Waals surface area contributed by atoms with Gasteiger partial charge in [0.05, 0.1) is 12.8 Å². The van der Waals surface area contributed by atoms with Gasteiger partial charge in [-0.05, 0) is 12.0 Å². The number of unbranched alkanes of at least 4 members (excludes halogenated alkanes) is 1. The largest absolute Gasteiger partial charge is 0.493 e. The van der Waals surface area contributed by atoms with Crippen LogP contribution in [0.2, 0.25) is 0 Å². The lowest BCUT2D eigenvalue weighted by Crippen LogP contribution is -2.27. The van der Waals surface area contributed by atoms with E-state index < -0.39 is 5.97 Å². The minimum atomic E-state index is -0.663. The van der Waals surface area contributed by atoms with E-state index in [1.807, 2.05) is 42.5 Å². The molecule has 1 atom stereocenters. The lowest BCUT2D eigenvalue weighted by atomic mass is 9.85. The van der Waals surface area contributed by atoms with E-state index in [4.69, 9.17) is 4.74 Å². The van der Waals surface area contributed by atoms with Crippen molar-refractivity contribution in [2.24, 2.45) is 10.9 Å². The molecule has 0 fully saturated rings. The molecule has 1 aliphatic heterocycles. The smallest absolute Gasteiger partial charge is 0.343 e. The van der Waals surface area contributed by atoms with Crippen molar-refractivity contribution in [1.82, 2.24) is 0 Å². The highest BCUT2D eigenvalue weighted by Crippen LogP contribution is 2.31. The fourth-order valence-corrected chi connectivity index (χ4v) is 3.12. The van der Waals surface area contributed by atoms with Crippen LogP contribution in [0.4, 0.5) is 0 Å². The number of aliphatic imine (C=N–C) groups is 1. The SMILES string of the molecule is CCCCC1C=C2C(=O)C(C(=O)OC)=CN=C2C=C1OCc1ccccc1. The van der Waals surface area contributed by atoms with Crippen LogP contribution in [0.5, 0.6) is 0 Å². The van der Waals surface area contributed by atoms with Gasteiger partial charge < -0.3 is 9.47 Å². The third-order valence-electron chi connectivity index (χ3n) is 4.63. The molecule has 2 aliphatic rings. The van der Waals surface area contributed by atoms with Crippen LogP contribution < -0.4 is 0 Å². The monoisotopic (exact) mass is 365 g/mol. The average molecular weight is 365 g/mol. The summed E-state index contributed by atoms with van der Waals surface area (Å²) in [5.74, 6) is -0.211. The Bertz CT molecular complexity index is 846. The maximum atomic E-state index is 12.7. The number of carbonyl (C=O) groups is 2. The van der Waals surface area contributed by atoms with Crippen molar-refractivity contribution in [1.29, 1.82) is 0 Å². The lowest BCUT2D eigenvalue weighted by molar-refractivity contribution is -0.137. The molecule has 0 amide bonds. The minimum absolute atomic E-state index is 0.0106. The molecule has 1 aromatic carbocycles. The Balaban J connectivity index is 1.86. The molecule has 0 saturated carbocycles. The van der Waals surface area contributed by atoms with Crippen molar-refractivity contribution in [2.45, 2.75) is 32.8 Å². The van der Waals surface area contributed by atoms with Crippen LogP contribution in [0.25, 0.3) is 0 Å². The number of esters is 1. The third-order valence-corrected chi connectivity index (χ3v) is 4.63. The maximum absolute atomic E-state index is 12.7. The molecule has 0 bridgehead atoms. The highest BCUT2D eigenvalue weighted by atomic mass is 16.5. The molecule has 0 radical (unpaired) electrons. The van der Waals surface area contributed by atoms with E-state index in [1.165, 1.54) is 13.3 Å². The number of fused-ring (bicyclic) bond motifs is 1. The zero-order valence-electron chi connectivity index (χ0n) is 15.6. The summed E-state index contributed by atoms with van der Waals surface area (Å²) < 4.78 is 10.7. The Hall–Kier alpha value is -2.95. The van der Waals surface area contributed by atoms with Crippen LogP contribution in [0.1, 0.15) is 31.7 Å². The van der Waals surface area contributed by atoms with Gasteiger partial charge in [0.15, 0.2) is 0 Å². The van der Waals surface area contributed by atoms with Crippen LogP contribution in [-0.2, 0) is 25.7 Å². The first-order chi connectivity index (χ1) is 13.1. The van der Waals surface area contributed by atoms with Gasteiger partial charge in [0.25, 0.3) is 0 Å². The van der Waals surface area contributed by atoms with Crippen LogP contribution in [0, 0.1) is 5.92 Å². The quantitative estimate of drug-likeness (QED) is 0.543. The van der Waals surface area contributed by atoms with E-state index in [0.717, 1.165) is 30.6 Å². The highest BCUT2D eigenvalue weighted by molar-refractivity contribution is 6.38. The van der Waals surface area contributed by atoms with Crippen molar-refractivity contribution in [3.63, 3.8) is 0 Å². The van der Waals surface area contributed by atoms with Gasteiger partial charge in [0, 0.05) is 23.8 Å². The summed E-state index contributed by atoms with van der Waals surface area (Å²) in [6.07, 6.45) is 7.92. The van der Waals surface area contributed by atoms with Crippen LogP contribution >= 0.6 is 0 Å². The van der Waals surface area contributed by atoms with Gasteiger partial charge in [0.2, 0.25) is 5.78 Å². The molecule has 1 heterocycles. The molecule has 0 spiro atoms. The molecule has 1 aromatic rings. The number of methoxy groups -OCH3 is 1. The summed E-state index contributed by atoms with van der Waals surface area (Å²) in [6, 6.07) is 9.95.